The maximum atomic E-state index is 13.0. The van der Waals surface area contributed by atoms with Crippen molar-refractivity contribution in [2.45, 2.75) is 0 Å². The minimum absolute atomic E-state index is 0.0224. The van der Waals surface area contributed by atoms with Crippen molar-refractivity contribution in [3.05, 3.63) is 111 Å². The fourth-order valence-corrected chi connectivity index (χ4v) is 3.85. The van der Waals surface area contributed by atoms with E-state index in [-0.39, 0.29) is 12.5 Å². The highest BCUT2D eigenvalue weighted by Crippen LogP contribution is 2.33. The zero-order valence-electron chi connectivity index (χ0n) is 19.6. The van der Waals surface area contributed by atoms with Gasteiger partial charge >= 0.3 is 0 Å². The third-order valence-corrected chi connectivity index (χ3v) is 6.16. The predicted molar refractivity (Wildman–Crippen MR) is 144 cm³/mol. The highest BCUT2D eigenvalue weighted by Gasteiger charge is 2.17. The molecule has 1 aliphatic heterocycles. The van der Waals surface area contributed by atoms with E-state index in [4.69, 9.17) is 37.1 Å². The van der Waals surface area contributed by atoms with E-state index in [1.807, 2.05) is 0 Å². The number of furan rings is 1. The summed E-state index contributed by atoms with van der Waals surface area (Å²) in [6, 6.07) is 22.3. The van der Waals surface area contributed by atoms with E-state index in [2.05, 4.69) is 15.8 Å². The molecule has 5 rings (SSSR count). The average Bonchev–Trinajstić information content (AvgIpc) is 3.60. The molecule has 2 amide bonds. The van der Waals surface area contributed by atoms with Crippen LogP contribution in [0, 0.1) is 0 Å². The lowest BCUT2D eigenvalue weighted by molar-refractivity contribution is -0.117. The van der Waals surface area contributed by atoms with Gasteiger partial charge in [0.2, 0.25) is 6.79 Å². The van der Waals surface area contributed by atoms with Crippen LogP contribution < -0.4 is 20.2 Å². The summed E-state index contributed by atoms with van der Waals surface area (Å²) in [6.07, 6.45) is 2.86. The molecule has 8 nitrogen and oxygen atoms in total. The quantitative estimate of drug-likeness (QED) is 0.170. The first-order valence-electron chi connectivity index (χ1n) is 11.3. The van der Waals surface area contributed by atoms with Crippen LogP contribution in [0.2, 0.25) is 10.0 Å². The molecule has 4 aromatic rings. The number of carbonyl (C=O) groups excluding carboxylic acids is 2. The first-order chi connectivity index (χ1) is 18.5. The molecule has 0 atom stereocenters. The molecular formula is C28H19Cl2N3O5. The van der Waals surface area contributed by atoms with Gasteiger partial charge < -0.3 is 19.2 Å². The number of halogens is 2. The molecule has 10 heteroatoms. The first kappa shape index (κ1) is 25.1. The number of nitrogens with one attached hydrogen (secondary N) is 2. The monoisotopic (exact) mass is 547 g/mol. The van der Waals surface area contributed by atoms with Crippen LogP contribution in [0.3, 0.4) is 0 Å². The lowest BCUT2D eigenvalue weighted by Crippen LogP contribution is -2.32. The maximum absolute atomic E-state index is 13.0. The second-order valence-electron chi connectivity index (χ2n) is 8.02. The molecule has 3 aromatic carbocycles. The third kappa shape index (κ3) is 5.88. The number of amides is 2. The molecule has 0 bridgehead atoms. The Labute approximate surface area is 227 Å². The van der Waals surface area contributed by atoms with Crippen LogP contribution in [0.4, 0.5) is 0 Å². The molecule has 0 fully saturated rings. The van der Waals surface area contributed by atoms with E-state index in [9.17, 15) is 9.59 Å². The Kier molecular flexibility index (Phi) is 7.44. The Morgan fingerprint density at radius 2 is 1.68 bits per heavy atom. The number of carbonyl (C=O) groups is 2. The van der Waals surface area contributed by atoms with E-state index in [1.165, 1.54) is 12.3 Å². The van der Waals surface area contributed by atoms with E-state index in [1.54, 1.807) is 78.9 Å². The number of benzene rings is 3. The number of rotatable bonds is 7. The lowest BCUT2D eigenvalue weighted by Gasteiger charge is -2.09. The number of nitrogens with zero attached hydrogens (tertiary/aromatic N) is 1. The Hall–Kier alpha value is -4.53. The standard InChI is InChI=1S/C28H19Cl2N3O5/c29-21-9-7-19(14-22(21)30)24-11-8-20(38-24)15-31-33-28(35)23(32-27(34)18-4-2-1-3-5-18)12-17-6-10-25-26(13-17)37-16-36-25/h1-15H,16H2,(H,32,34)(H,33,35). The summed E-state index contributed by atoms with van der Waals surface area (Å²) in [7, 11) is 0. The normalized spacial score (nSPS) is 12.5. The van der Waals surface area contributed by atoms with Gasteiger partial charge in [0, 0.05) is 11.1 Å². The number of hydrogen-bond acceptors (Lipinski definition) is 6. The maximum Gasteiger partial charge on any atom is 0.287 e. The highest BCUT2D eigenvalue weighted by atomic mass is 35.5. The summed E-state index contributed by atoms with van der Waals surface area (Å²) in [5.41, 5.74) is 4.15. The van der Waals surface area contributed by atoms with Crippen LogP contribution in [0.1, 0.15) is 21.7 Å². The van der Waals surface area contributed by atoms with Gasteiger partial charge in [-0.25, -0.2) is 5.43 Å². The van der Waals surface area contributed by atoms with E-state index < -0.39 is 11.8 Å². The van der Waals surface area contributed by atoms with Crippen LogP contribution in [-0.4, -0.2) is 24.8 Å². The van der Waals surface area contributed by atoms with Crippen molar-refractivity contribution in [1.29, 1.82) is 0 Å². The van der Waals surface area contributed by atoms with E-state index in [0.717, 1.165) is 5.56 Å². The van der Waals surface area contributed by atoms with Gasteiger partial charge in [-0.3, -0.25) is 9.59 Å². The molecule has 0 saturated heterocycles. The van der Waals surface area contributed by atoms with Crippen LogP contribution in [-0.2, 0) is 4.79 Å². The minimum Gasteiger partial charge on any atom is -0.455 e. The molecule has 190 valence electrons. The largest absolute Gasteiger partial charge is 0.455 e. The molecule has 2 N–H and O–H groups in total. The van der Waals surface area contributed by atoms with Crippen molar-refractivity contribution in [3.8, 4) is 22.8 Å². The van der Waals surface area contributed by atoms with E-state index in [0.29, 0.717) is 44.2 Å². The highest BCUT2D eigenvalue weighted by molar-refractivity contribution is 6.42. The van der Waals surface area contributed by atoms with Crippen LogP contribution in [0.15, 0.2) is 94.1 Å². The Morgan fingerprint density at radius 3 is 2.50 bits per heavy atom. The SMILES string of the molecule is O=C(NN=Cc1ccc(-c2ccc(Cl)c(Cl)c2)o1)C(=Cc1ccc2c(c1)OCO2)NC(=O)c1ccccc1. The summed E-state index contributed by atoms with van der Waals surface area (Å²) in [6.45, 7) is 0.120. The number of ether oxygens (including phenoxy) is 2. The van der Waals surface area contributed by atoms with Gasteiger partial charge in [0.25, 0.3) is 11.8 Å². The molecular weight excluding hydrogens is 529 g/mol. The number of fused-ring (bicyclic) bond motifs is 1. The summed E-state index contributed by atoms with van der Waals surface area (Å²) in [4.78, 5) is 25.8. The molecule has 1 aliphatic rings. The second kappa shape index (κ2) is 11.2. The zero-order valence-corrected chi connectivity index (χ0v) is 21.1. The summed E-state index contributed by atoms with van der Waals surface area (Å²) in [5, 5.41) is 7.47. The van der Waals surface area contributed by atoms with Gasteiger partial charge in [-0.15, -0.1) is 0 Å². The van der Waals surface area contributed by atoms with Crippen LogP contribution in [0.25, 0.3) is 17.4 Å². The molecule has 0 saturated carbocycles. The van der Waals surface area contributed by atoms with Crippen molar-refractivity contribution in [3.63, 3.8) is 0 Å². The molecule has 1 aromatic heterocycles. The smallest absolute Gasteiger partial charge is 0.287 e. The van der Waals surface area contributed by atoms with Crippen molar-refractivity contribution < 1.29 is 23.5 Å². The predicted octanol–water partition coefficient (Wildman–Crippen LogP) is 5.90. The molecule has 2 heterocycles. The van der Waals surface area contributed by atoms with Gasteiger partial charge in [0.1, 0.15) is 17.2 Å². The van der Waals surface area contributed by atoms with Crippen molar-refractivity contribution in [2.75, 3.05) is 6.79 Å². The average molecular weight is 548 g/mol. The fraction of sp³-hybridized carbons (Fsp3) is 0.0357. The summed E-state index contributed by atoms with van der Waals surface area (Å²) in [5.74, 6) is 0.996. The first-order valence-corrected chi connectivity index (χ1v) is 12.1. The van der Waals surface area contributed by atoms with Gasteiger partial charge in [0.05, 0.1) is 16.3 Å². The summed E-state index contributed by atoms with van der Waals surface area (Å²) >= 11 is 12.1. The Bertz CT molecular complexity index is 1560. The van der Waals surface area contributed by atoms with Gasteiger partial charge in [-0.05, 0) is 66.2 Å². The van der Waals surface area contributed by atoms with Crippen LogP contribution in [0.5, 0.6) is 11.5 Å². The Morgan fingerprint density at radius 1 is 0.868 bits per heavy atom. The lowest BCUT2D eigenvalue weighted by atomic mass is 10.1. The summed E-state index contributed by atoms with van der Waals surface area (Å²) < 4.78 is 16.5. The minimum atomic E-state index is -0.639. The van der Waals surface area contributed by atoms with Crippen molar-refractivity contribution in [1.82, 2.24) is 10.7 Å². The van der Waals surface area contributed by atoms with Crippen LogP contribution >= 0.6 is 23.2 Å². The third-order valence-electron chi connectivity index (χ3n) is 5.43. The molecule has 0 unspecified atom stereocenters. The number of hydrogen-bond donors (Lipinski definition) is 2. The van der Waals surface area contributed by atoms with E-state index >= 15 is 0 Å². The van der Waals surface area contributed by atoms with Crippen molar-refractivity contribution in [2.24, 2.45) is 5.10 Å². The van der Waals surface area contributed by atoms with Gasteiger partial charge in [-0.1, -0.05) is 47.5 Å². The van der Waals surface area contributed by atoms with Gasteiger partial charge in [-0.2, -0.15) is 5.10 Å². The molecule has 38 heavy (non-hydrogen) atoms. The number of hydrazone groups is 1. The molecule has 0 radical (unpaired) electrons. The molecule has 0 spiro atoms. The molecule has 0 aliphatic carbocycles. The van der Waals surface area contributed by atoms with Crippen molar-refractivity contribution >= 4 is 47.3 Å². The fourth-order valence-electron chi connectivity index (χ4n) is 3.55. The van der Waals surface area contributed by atoms with Gasteiger partial charge in [0.15, 0.2) is 11.5 Å². The second-order valence-corrected chi connectivity index (χ2v) is 8.84. The zero-order chi connectivity index (χ0) is 26.5. The topological polar surface area (TPSA) is 102 Å². The Balaban J connectivity index is 1.33.